The summed E-state index contributed by atoms with van der Waals surface area (Å²) in [6.07, 6.45) is 2.43. The maximum Gasteiger partial charge on any atom is 0.241 e. The van der Waals surface area contributed by atoms with E-state index in [0.29, 0.717) is 29.2 Å². The van der Waals surface area contributed by atoms with Gasteiger partial charge in [0.25, 0.3) is 0 Å². The number of amides is 1. The van der Waals surface area contributed by atoms with Crippen LogP contribution in [-0.4, -0.2) is 29.1 Å². The van der Waals surface area contributed by atoms with Crippen LogP contribution in [0.4, 0.5) is 0 Å². The summed E-state index contributed by atoms with van der Waals surface area (Å²) in [4.78, 5) is 14.8. The quantitative estimate of drug-likeness (QED) is 0.834. The molecule has 104 valence electrons. The fraction of sp³-hybridized carbons (Fsp3) is 0.933. The Balaban J connectivity index is 2.18. The minimum Gasteiger partial charge on any atom is -0.322 e. The van der Waals surface area contributed by atoms with Crippen LogP contribution in [0.5, 0.6) is 0 Å². The Morgan fingerprint density at radius 1 is 1.39 bits per heavy atom. The molecule has 2 fully saturated rings. The number of carbonyl (C=O) groups excluding carboxylic acids is 1. The van der Waals surface area contributed by atoms with E-state index in [1.165, 1.54) is 0 Å². The van der Waals surface area contributed by atoms with E-state index in [4.69, 9.17) is 0 Å². The third kappa shape index (κ3) is 2.18. The summed E-state index contributed by atoms with van der Waals surface area (Å²) in [5, 5.41) is 3.58. The van der Waals surface area contributed by atoms with E-state index >= 15 is 0 Å². The van der Waals surface area contributed by atoms with Crippen molar-refractivity contribution in [2.45, 2.75) is 72.6 Å². The molecule has 1 N–H and O–H groups in total. The summed E-state index contributed by atoms with van der Waals surface area (Å²) >= 11 is 0. The molecule has 0 radical (unpaired) electrons. The molecule has 1 heterocycles. The third-order valence-electron chi connectivity index (χ3n) is 4.81. The molecule has 1 amide bonds. The maximum atomic E-state index is 12.7. The zero-order chi connectivity index (χ0) is 13.7. The number of nitrogens with zero attached hydrogens (tertiary/aromatic N) is 1. The molecule has 2 rings (SSSR count). The molecule has 1 saturated carbocycles. The Kier molecular flexibility index (Phi) is 3.48. The Labute approximate surface area is 111 Å². The van der Waals surface area contributed by atoms with Crippen LogP contribution in [0.25, 0.3) is 0 Å². The average molecular weight is 252 g/mol. The van der Waals surface area contributed by atoms with Crippen molar-refractivity contribution in [3.63, 3.8) is 0 Å². The zero-order valence-electron chi connectivity index (χ0n) is 12.7. The highest BCUT2D eigenvalue weighted by Gasteiger charge is 2.57. The minimum absolute atomic E-state index is 0.0267. The highest BCUT2D eigenvalue weighted by atomic mass is 16.2. The largest absolute Gasteiger partial charge is 0.322 e. The summed E-state index contributed by atoms with van der Waals surface area (Å²) < 4.78 is 0. The molecule has 1 aliphatic carbocycles. The number of nitrogens with one attached hydrogen (secondary N) is 1. The van der Waals surface area contributed by atoms with E-state index in [0.717, 1.165) is 12.8 Å². The van der Waals surface area contributed by atoms with E-state index in [9.17, 15) is 4.79 Å². The van der Waals surface area contributed by atoms with E-state index in [-0.39, 0.29) is 12.2 Å². The summed E-state index contributed by atoms with van der Waals surface area (Å²) in [6, 6.07) is 0.470. The van der Waals surface area contributed by atoms with E-state index in [1.807, 2.05) is 0 Å². The van der Waals surface area contributed by atoms with Crippen molar-refractivity contribution in [2.24, 2.45) is 17.3 Å². The van der Waals surface area contributed by atoms with Crippen molar-refractivity contribution in [1.29, 1.82) is 0 Å². The molecule has 4 unspecified atom stereocenters. The van der Waals surface area contributed by atoms with Crippen molar-refractivity contribution in [3.05, 3.63) is 0 Å². The van der Waals surface area contributed by atoms with Gasteiger partial charge >= 0.3 is 0 Å². The third-order valence-corrected chi connectivity index (χ3v) is 4.81. The predicted octanol–water partition coefficient (Wildman–Crippen LogP) is 2.61. The molecule has 18 heavy (non-hydrogen) atoms. The fourth-order valence-electron chi connectivity index (χ4n) is 3.05. The van der Waals surface area contributed by atoms with Crippen LogP contribution in [-0.2, 0) is 4.79 Å². The molecule has 1 saturated heterocycles. The summed E-state index contributed by atoms with van der Waals surface area (Å²) in [5.74, 6) is 1.23. The Morgan fingerprint density at radius 2 is 1.94 bits per heavy atom. The van der Waals surface area contributed by atoms with Gasteiger partial charge in [0, 0.05) is 6.04 Å². The first-order chi connectivity index (χ1) is 8.29. The van der Waals surface area contributed by atoms with Crippen molar-refractivity contribution >= 4 is 5.91 Å². The second-order valence-corrected chi connectivity index (χ2v) is 7.17. The van der Waals surface area contributed by atoms with Crippen molar-refractivity contribution in [2.75, 3.05) is 0 Å². The van der Waals surface area contributed by atoms with Crippen LogP contribution in [0.1, 0.15) is 54.4 Å². The van der Waals surface area contributed by atoms with Gasteiger partial charge in [-0.1, -0.05) is 48.0 Å². The lowest BCUT2D eigenvalue weighted by atomic mass is 9.99. The van der Waals surface area contributed by atoms with Crippen LogP contribution in [0.2, 0.25) is 0 Å². The molecule has 0 bridgehead atoms. The first-order valence-corrected chi connectivity index (χ1v) is 7.37. The van der Waals surface area contributed by atoms with Crippen LogP contribution in [0, 0.1) is 17.3 Å². The van der Waals surface area contributed by atoms with Gasteiger partial charge in [-0.2, -0.15) is 0 Å². The number of hydrogen-bond acceptors (Lipinski definition) is 2. The van der Waals surface area contributed by atoms with Gasteiger partial charge in [-0.25, -0.2) is 0 Å². The van der Waals surface area contributed by atoms with Gasteiger partial charge in [0.1, 0.15) is 0 Å². The van der Waals surface area contributed by atoms with Crippen LogP contribution in [0.3, 0.4) is 0 Å². The molecule has 3 heteroatoms. The van der Waals surface area contributed by atoms with Crippen molar-refractivity contribution in [3.8, 4) is 0 Å². The summed E-state index contributed by atoms with van der Waals surface area (Å²) in [7, 11) is 0. The van der Waals surface area contributed by atoms with Crippen molar-refractivity contribution < 1.29 is 4.79 Å². The normalized spacial score (nSPS) is 36.3. The highest BCUT2D eigenvalue weighted by molar-refractivity contribution is 5.85. The Morgan fingerprint density at radius 3 is 2.33 bits per heavy atom. The Bertz CT molecular complexity index is 337. The highest BCUT2D eigenvalue weighted by Crippen LogP contribution is 2.50. The topological polar surface area (TPSA) is 32.3 Å². The SMILES string of the molecule is CCC(C)C1NC(C(C)C)N(C2CC2(C)C)C1=O. The second-order valence-electron chi connectivity index (χ2n) is 7.17. The lowest BCUT2D eigenvalue weighted by Crippen LogP contribution is -2.44. The fourth-order valence-corrected chi connectivity index (χ4v) is 3.05. The molecule has 1 aliphatic heterocycles. The van der Waals surface area contributed by atoms with Gasteiger partial charge in [0.05, 0.1) is 12.2 Å². The van der Waals surface area contributed by atoms with Gasteiger partial charge in [-0.15, -0.1) is 0 Å². The van der Waals surface area contributed by atoms with Gasteiger partial charge in [0.15, 0.2) is 0 Å². The molecule has 0 aromatic heterocycles. The van der Waals surface area contributed by atoms with Gasteiger partial charge < -0.3 is 4.90 Å². The lowest BCUT2D eigenvalue weighted by molar-refractivity contribution is -0.132. The molecule has 0 aromatic carbocycles. The molecule has 0 spiro atoms. The predicted molar refractivity (Wildman–Crippen MR) is 74.0 cm³/mol. The molecular formula is C15H28N2O. The van der Waals surface area contributed by atoms with Crippen LogP contribution >= 0.6 is 0 Å². The van der Waals surface area contributed by atoms with E-state index in [1.54, 1.807) is 0 Å². The number of rotatable bonds is 4. The maximum absolute atomic E-state index is 12.7. The van der Waals surface area contributed by atoms with Crippen LogP contribution in [0.15, 0.2) is 0 Å². The first-order valence-electron chi connectivity index (χ1n) is 7.37. The molecule has 2 aliphatic rings. The lowest BCUT2D eigenvalue weighted by Gasteiger charge is -2.28. The monoisotopic (exact) mass is 252 g/mol. The smallest absolute Gasteiger partial charge is 0.241 e. The Hall–Kier alpha value is -0.570. The van der Waals surface area contributed by atoms with Crippen LogP contribution < -0.4 is 5.32 Å². The zero-order valence-corrected chi connectivity index (χ0v) is 12.7. The number of hydrogen-bond donors (Lipinski definition) is 1. The van der Waals surface area contributed by atoms with Crippen molar-refractivity contribution in [1.82, 2.24) is 10.2 Å². The molecule has 0 aromatic rings. The average Bonchev–Trinajstić information content (AvgIpc) is 2.76. The van der Waals surface area contributed by atoms with Gasteiger partial charge in [0.2, 0.25) is 5.91 Å². The van der Waals surface area contributed by atoms with Gasteiger partial charge in [-0.3, -0.25) is 10.1 Å². The minimum atomic E-state index is 0.0267. The molecule has 4 atom stereocenters. The number of carbonyl (C=O) groups is 1. The summed E-state index contributed by atoms with van der Waals surface area (Å²) in [5.41, 5.74) is 0.314. The van der Waals surface area contributed by atoms with Gasteiger partial charge in [-0.05, 0) is 23.7 Å². The molecular weight excluding hydrogens is 224 g/mol. The second kappa shape index (κ2) is 4.52. The summed E-state index contributed by atoms with van der Waals surface area (Å²) in [6.45, 7) is 13.3. The van der Waals surface area contributed by atoms with E-state index < -0.39 is 0 Å². The standard InChI is InChI=1S/C15H28N2O/c1-7-10(4)12-14(18)17(11-8-15(11,5)6)13(16-12)9(2)3/h9-13,16H,7-8H2,1-6H3. The molecule has 3 nitrogen and oxygen atoms in total. The first kappa shape index (κ1) is 13.9. The van der Waals surface area contributed by atoms with E-state index in [2.05, 4.69) is 51.8 Å².